The van der Waals surface area contributed by atoms with Crippen LogP contribution < -0.4 is 5.73 Å². The van der Waals surface area contributed by atoms with Crippen LogP contribution in [-0.2, 0) is 0 Å². The van der Waals surface area contributed by atoms with Gasteiger partial charge in [0, 0.05) is 13.1 Å². The van der Waals surface area contributed by atoms with Gasteiger partial charge >= 0.3 is 0 Å². The Morgan fingerprint density at radius 1 is 1.37 bits per heavy atom. The fraction of sp³-hybridized carbons (Fsp3) is 0.692. The molecule has 0 aliphatic rings. The van der Waals surface area contributed by atoms with Crippen molar-refractivity contribution in [1.82, 2.24) is 15.1 Å². The first-order valence-electron chi connectivity index (χ1n) is 6.82. The third-order valence-corrected chi connectivity index (χ3v) is 3.14. The molecule has 1 aromatic heterocycles. The van der Waals surface area contributed by atoms with Crippen LogP contribution in [0.4, 0.5) is 5.69 Å². The molecule has 6 nitrogen and oxygen atoms in total. The molecule has 0 radical (unpaired) electrons. The number of rotatable bonds is 8. The van der Waals surface area contributed by atoms with Crippen LogP contribution in [0.25, 0.3) is 0 Å². The number of nitrogen functional groups attached to an aromatic ring is 1. The topological polar surface area (TPSA) is 95.2 Å². The minimum absolute atomic E-state index is 0.0528. The number of aryl methyl sites for hydroxylation is 1. The number of unbranched alkanes of at least 4 members (excludes halogenated alkanes) is 3. The second-order valence-corrected chi connectivity index (χ2v) is 4.69. The summed E-state index contributed by atoms with van der Waals surface area (Å²) in [4.78, 5) is 13.9. The zero-order valence-corrected chi connectivity index (χ0v) is 11.8. The van der Waals surface area contributed by atoms with Crippen molar-refractivity contribution in [3.63, 3.8) is 0 Å². The van der Waals surface area contributed by atoms with Gasteiger partial charge in [-0.3, -0.25) is 9.89 Å². The van der Waals surface area contributed by atoms with E-state index < -0.39 is 0 Å². The summed E-state index contributed by atoms with van der Waals surface area (Å²) in [7, 11) is 0. The number of aliphatic hydroxyl groups is 1. The zero-order valence-electron chi connectivity index (χ0n) is 11.8. The van der Waals surface area contributed by atoms with Gasteiger partial charge < -0.3 is 15.7 Å². The molecule has 1 amide bonds. The predicted octanol–water partition coefficient (Wildman–Crippen LogP) is 1.32. The van der Waals surface area contributed by atoms with E-state index in [1.807, 2.05) is 0 Å². The fourth-order valence-electron chi connectivity index (χ4n) is 1.92. The molecular formula is C13H24N4O2. The largest absolute Gasteiger partial charge is 0.395 e. The summed E-state index contributed by atoms with van der Waals surface area (Å²) in [5, 5.41) is 15.7. The molecule has 0 spiro atoms. The highest BCUT2D eigenvalue weighted by atomic mass is 16.3. The highest BCUT2D eigenvalue weighted by Gasteiger charge is 2.21. The first-order valence-corrected chi connectivity index (χ1v) is 6.82. The van der Waals surface area contributed by atoms with Crippen molar-refractivity contribution in [2.24, 2.45) is 0 Å². The number of carbonyl (C=O) groups excluding carboxylic acids is 1. The molecule has 0 atom stereocenters. The maximum Gasteiger partial charge on any atom is 0.276 e. The summed E-state index contributed by atoms with van der Waals surface area (Å²) < 4.78 is 0. The number of nitrogens with one attached hydrogen (secondary N) is 1. The quantitative estimate of drug-likeness (QED) is 0.619. The molecule has 0 aromatic carbocycles. The van der Waals surface area contributed by atoms with E-state index in [0.29, 0.717) is 24.5 Å². The summed E-state index contributed by atoms with van der Waals surface area (Å²) in [5.74, 6) is -0.215. The number of carbonyl (C=O) groups is 1. The maximum absolute atomic E-state index is 12.3. The lowest BCUT2D eigenvalue weighted by Gasteiger charge is -2.20. The number of anilines is 1. The Bertz CT molecular complexity index is 403. The van der Waals surface area contributed by atoms with E-state index in [2.05, 4.69) is 17.1 Å². The van der Waals surface area contributed by atoms with Crippen molar-refractivity contribution in [1.29, 1.82) is 0 Å². The molecule has 6 heteroatoms. The number of amides is 1. The second-order valence-electron chi connectivity index (χ2n) is 4.69. The molecule has 0 fully saturated rings. The maximum atomic E-state index is 12.3. The molecule has 1 aromatic rings. The monoisotopic (exact) mass is 268 g/mol. The normalized spacial score (nSPS) is 10.7. The van der Waals surface area contributed by atoms with E-state index in [-0.39, 0.29) is 18.2 Å². The van der Waals surface area contributed by atoms with Crippen LogP contribution in [0.5, 0.6) is 0 Å². The molecule has 108 valence electrons. The van der Waals surface area contributed by atoms with Gasteiger partial charge in [0.2, 0.25) is 0 Å². The van der Waals surface area contributed by atoms with Crippen molar-refractivity contribution in [3.05, 3.63) is 11.4 Å². The number of aliphatic hydroxyl groups excluding tert-OH is 1. The lowest BCUT2D eigenvalue weighted by Crippen LogP contribution is -2.35. The Morgan fingerprint density at radius 3 is 2.63 bits per heavy atom. The van der Waals surface area contributed by atoms with E-state index in [1.165, 1.54) is 0 Å². The third kappa shape index (κ3) is 4.24. The molecule has 1 heterocycles. The Kier molecular flexibility index (Phi) is 6.35. The molecule has 0 bridgehead atoms. The van der Waals surface area contributed by atoms with E-state index >= 15 is 0 Å². The number of aromatic nitrogens is 2. The van der Waals surface area contributed by atoms with Crippen LogP contribution in [0.3, 0.4) is 0 Å². The van der Waals surface area contributed by atoms with Gasteiger partial charge in [-0.1, -0.05) is 26.2 Å². The van der Waals surface area contributed by atoms with E-state index in [0.717, 1.165) is 25.7 Å². The molecule has 0 aliphatic heterocycles. The molecule has 0 saturated carbocycles. The first-order chi connectivity index (χ1) is 9.11. The smallest absolute Gasteiger partial charge is 0.276 e. The van der Waals surface area contributed by atoms with Gasteiger partial charge in [0.1, 0.15) is 0 Å². The van der Waals surface area contributed by atoms with Gasteiger partial charge in [-0.15, -0.1) is 0 Å². The fourth-order valence-corrected chi connectivity index (χ4v) is 1.92. The number of hydrogen-bond acceptors (Lipinski definition) is 4. The SMILES string of the molecule is CCCCCCN(CCO)C(=O)c1n[nH]c(C)c1N. The molecule has 0 saturated heterocycles. The molecule has 0 unspecified atom stereocenters. The van der Waals surface area contributed by atoms with Gasteiger partial charge in [-0.25, -0.2) is 0 Å². The van der Waals surface area contributed by atoms with Crippen LogP contribution in [0.2, 0.25) is 0 Å². The molecule has 1 rings (SSSR count). The Labute approximate surface area is 114 Å². The number of hydrogen-bond donors (Lipinski definition) is 3. The lowest BCUT2D eigenvalue weighted by molar-refractivity contribution is 0.0713. The highest BCUT2D eigenvalue weighted by Crippen LogP contribution is 2.15. The minimum Gasteiger partial charge on any atom is -0.395 e. The molecule has 4 N–H and O–H groups in total. The number of nitrogens with zero attached hydrogens (tertiary/aromatic N) is 2. The number of H-pyrrole nitrogens is 1. The van der Waals surface area contributed by atoms with Crippen LogP contribution in [0, 0.1) is 6.92 Å². The summed E-state index contributed by atoms with van der Waals surface area (Å²) in [6, 6.07) is 0. The lowest BCUT2D eigenvalue weighted by atomic mass is 10.2. The first kappa shape index (κ1) is 15.5. The van der Waals surface area contributed by atoms with Crippen molar-refractivity contribution in [3.8, 4) is 0 Å². The summed E-state index contributed by atoms with van der Waals surface area (Å²) in [6.07, 6.45) is 4.33. The van der Waals surface area contributed by atoms with Gasteiger partial charge in [0.05, 0.1) is 18.0 Å². The standard InChI is InChI=1S/C13H24N4O2/c1-3-4-5-6-7-17(8-9-18)13(19)12-11(14)10(2)15-16-12/h18H,3-9,14H2,1-2H3,(H,15,16). The van der Waals surface area contributed by atoms with Crippen molar-refractivity contribution in [2.45, 2.75) is 39.5 Å². The Balaban J connectivity index is 2.64. The number of nitrogens with two attached hydrogens (primary N) is 1. The van der Waals surface area contributed by atoms with Crippen LogP contribution in [0.1, 0.15) is 48.8 Å². The Hall–Kier alpha value is -1.56. The zero-order chi connectivity index (χ0) is 14.3. The van der Waals surface area contributed by atoms with Crippen LogP contribution in [0.15, 0.2) is 0 Å². The average Bonchev–Trinajstić information content (AvgIpc) is 2.73. The third-order valence-electron chi connectivity index (χ3n) is 3.14. The van der Waals surface area contributed by atoms with E-state index in [4.69, 9.17) is 10.8 Å². The molecule has 0 aliphatic carbocycles. The summed E-state index contributed by atoms with van der Waals surface area (Å²) in [6.45, 7) is 4.81. The summed E-state index contributed by atoms with van der Waals surface area (Å²) >= 11 is 0. The average molecular weight is 268 g/mol. The summed E-state index contributed by atoms with van der Waals surface area (Å²) in [5.41, 5.74) is 7.14. The van der Waals surface area contributed by atoms with Crippen molar-refractivity contribution >= 4 is 11.6 Å². The van der Waals surface area contributed by atoms with Crippen molar-refractivity contribution in [2.75, 3.05) is 25.4 Å². The van der Waals surface area contributed by atoms with Crippen LogP contribution >= 0.6 is 0 Å². The number of aromatic amines is 1. The second kappa shape index (κ2) is 7.78. The Morgan fingerprint density at radius 2 is 2.11 bits per heavy atom. The predicted molar refractivity (Wildman–Crippen MR) is 74.9 cm³/mol. The van der Waals surface area contributed by atoms with Crippen molar-refractivity contribution < 1.29 is 9.90 Å². The minimum atomic E-state index is -0.215. The van der Waals surface area contributed by atoms with E-state index in [9.17, 15) is 4.79 Å². The van der Waals surface area contributed by atoms with Gasteiger partial charge in [-0.2, -0.15) is 5.10 Å². The highest BCUT2D eigenvalue weighted by molar-refractivity contribution is 5.97. The van der Waals surface area contributed by atoms with Gasteiger partial charge in [0.25, 0.3) is 5.91 Å². The van der Waals surface area contributed by atoms with Gasteiger partial charge in [0.15, 0.2) is 5.69 Å². The molecule has 19 heavy (non-hydrogen) atoms. The van der Waals surface area contributed by atoms with Gasteiger partial charge in [-0.05, 0) is 13.3 Å². The van der Waals surface area contributed by atoms with Crippen LogP contribution in [-0.4, -0.2) is 45.8 Å². The molecular weight excluding hydrogens is 244 g/mol. The van der Waals surface area contributed by atoms with E-state index in [1.54, 1.807) is 11.8 Å².